The largest absolute Gasteiger partial charge is 0.386 e. The molecule has 0 aliphatic heterocycles. The second-order valence-electron chi connectivity index (χ2n) is 4.59. The Morgan fingerprint density at radius 1 is 1.17 bits per heavy atom. The van der Waals surface area contributed by atoms with Crippen molar-refractivity contribution >= 4 is 22.8 Å². The minimum absolute atomic E-state index is 0.0359. The smallest absolute Gasteiger partial charge is 0.271 e. The second-order valence-corrected chi connectivity index (χ2v) is 4.59. The van der Waals surface area contributed by atoms with E-state index in [-0.39, 0.29) is 11.5 Å². The van der Waals surface area contributed by atoms with Gasteiger partial charge in [0.25, 0.3) is 5.69 Å². The Balaban J connectivity index is 2.09. The number of non-ortho nitro benzene ring substituents is 1. The molecule has 0 heterocycles. The number of allylic oxidation sites excluding steroid dienone is 1. The first kappa shape index (κ1) is 16.2. The van der Waals surface area contributed by atoms with E-state index in [1.165, 1.54) is 54.7 Å². The molecule has 2 aromatic rings. The highest BCUT2D eigenvalue weighted by atomic mass is 19.1. The molecule has 0 amide bonds. The van der Waals surface area contributed by atoms with Gasteiger partial charge < -0.3 is 10.6 Å². The van der Waals surface area contributed by atoms with Gasteiger partial charge in [-0.25, -0.2) is 4.39 Å². The summed E-state index contributed by atoms with van der Waals surface area (Å²) in [6, 6.07) is 9.50. The standard InChI is InChI=1S/C16H14FN3O3/c1-18-15-10-13(20(22)23)6-7-14(15)19-9-8-16(21)11-2-4-12(17)5-3-11/h2-10,18-19H,1H3. The minimum Gasteiger partial charge on any atom is -0.386 e. The van der Waals surface area contributed by atoms with Gasteiger partial charge in [-0.15, -0.1) is 0 Å². The van der Waals surface area contributed by atoms with Gasteiger partial charge in [-0.3, -0.25) is 14.9 Å². The van der Waals surface area contributed by atoms with Crippen LogP contribution in [0.2, 0.25) is 0 Å². The van der Waals surface area contributed by atoms with Crippen LogP contribution in [-0.4, -0.2) is 17.8 Å². The van der Waals surface area contributed by atoms with Crippen molar-refractivity contribution in [3.8, 4) is 0 Å². The van der Waals surface area contributed by atoms with Crippen LogP contribution in [0.15, 0.2) is 54.7 Å². The Morgan fingerprint density at radius 2 is 1.87 bits per heavy atom. The topological polar surface area (TPSA) is 84.3 Å². The Kier molecular flexibility index (Phi) is 5.03. The Hall–Kier alpha value is -3.22. The molecule has 2 N–H and O–H groups in total. The van der Waals surface area contributed by atoms with Crippen LogP contribution < -0.4 is 10.6 Å². The zero-order chi connectivity index (χ0) is 16.8. The molecule has 23 heavy (non-hydrogen) atoms. The first-order valence-corrected chi connectivity index (χ1v) is 6.70. The van der Waals surface area contributed by atoms with Crippen LogP contribution in [0.1, 0.15) is 10.4 Å². The van der Waals surface area contributed by atoms with Crippen LogP contribution in [0, 0.1) is 15.9 Å². The fraction of sp³-hybridized carbons (Fsp3) is 0.0625. The zero-order valence-corrected chi connectivity index (χ0v) is 12.2. The van der Waals surface area contributed by atoms with Gasteiger partial charge >= 0.3 is 0 Å². The van der Waals surface area contributed by atoms with Crippen molar-refractivity contribution in [2.24, 2.45) is 0 Å². The van der Waals surface area contributed by atoms with Crippen LogP contribution in [0.4, 0.5) is 21.5 Å². The van der Waals surface area contributed by atoms with Gasteiger partial charge in [-0.2, -0.15) is 0 Å². The molecule has 0 aliphatic carbocycles. The molecule has 0 fully saturated rings. The van der Waals surface area contributed by atoms with Gasteiger partial charge in [0.15, 0.2) is 5.78 Å². The Labute approximate surface area is 131 Å². The fourth-order valence-electron chi connectivity index (χ4n) is 1.90. The third-order valence-electron chi connectivity index (χ3n) is 3.09. The van der Waals surface area contributed by atoms with E-state index in [2.05, 4.69) is 10.6 Å². The maximum atomic E-state index is 12.8. The molecule has 0 bridgehead atoms. The number of rotatable bonds is 6. The first-order chi connectivity index (χ1) is 11.0. The van der Waals surface area contributed by atoms with E-state index in [4.69, 9.17) is 0 Å². The molecule has 0 saturated carbocycles. The molecule has 0 atom stereocenters. The van der Waals surface area contributed by atoms with Crippen molar-refractivity contribution in [3.05, 3.63) is 76.2 Å². The number of benzene rings is 2. The SMILES string of the molecule is CNc1cc([N+](=O)[O-])ccc1NC=CC(=O)c1ccc(F)cc1. The predicted molar refractivity (Wildman–Crippen MR) is 86.1 cm³/mol. The molecule has 2 aromatic carbocycles. The lowest BCUT2D eigenvalue weighted by Gasteiger charge is -2.08. The number of anilines is 2. The Morgan fingerprint density at radius 3 is 2.48 bits per heavy atom. The number of carbonyl (C=O) groups excluding carboxylic acids is 1. The summed E-state index contributed by atoms with van der Waals surface area (Å²) in [7, 11) is 1.64. The molecule has 2 rings (SSSR count). The van der Waals surface area contributed by atoms with Crippen molar-refractivity contribution in [2.45, 2.75) is 0 Å². The molecule has 0 aromatic heterocycles. The number of ketones is 1. The summed E-state index contributed by atoms with van der Waals surface area (Å²) in [4.78, 5) is 22.1. The van der Waals surface area contributed by atoms with Crippen LogP contribution >= 0.6 is 0 Å². The molecule has 0 unspecified atom stereocenters. The number of nitrogens with one attached hydrogen (secondary N) is 2. The van der Waals surface area contributed by atoms with E-state index in [9.17, 15) is 19.3 Å². The summed E-state index contributed by atoms with van der Waals surface area (Å²) in [6.45, 7) is 0. The summed E-state index contributed by atoms with van der Waals surface area (Å²) in [5.74, 6) is -0.696. The van der Waals surface area contributed by atoms with Crippen molar-refractivity contribution in [1.82, 2.24) is 0 Å². The van der Waals surface area contributed by atoms with Crippen LogP contribution in [-0.2, 0) is 0 Å². The van der Waals surface area contributed by atoms with Gasteiger partial charge in [0.2, 0.25) is 0 Å². The van der Waals surface area contributed by atoms with Gasteiger partial charge in [-0.05, 0) is 30.3 Å². The number of nitro benzene ring substituents is 1. The van der Waals surface area contributed by atoms with Gasteiger partial charge in [0, 0.05) is 37.0 Å². The lowest BCUT2D eigenvalue weighted by atomic mass is 10.1. The van der Waals surface area contributed by atoms with Crippen molar-refractivity contribution in [2.75, 3.05) is 17.7 Å². The second kappa shape index (κ2) is 7.17. The van der Waals surface area contributed by atoms with Gasteiger partial charge in [-0.1, -0.05) is 0 Å². The quantitative estimate of drug-likeness (QED) is 0.368. The van der Waals surface area contributed by atoms with Crippen molar-refractivity contribution in [3.63, 3.8) is 0 Å². The lowest BCUT2D eigenvalue weighted by molar-refractivity contribution is -0.384. The lowest BCUT2D eigenvalue weighted by Crippen LogP contribution is -1.99. The average molecular weight is 315 g/mol. The molecule has 0 spiro atoms. The van der Waals surface area contributed by atoms with E-state index in [1.54, 1.807) is 7.05 Å². The Bertz CT molecular complexity index is 758. The average Bonchev–Trinajstić information content (AvgIpc) is 2.55. The number of hydrogen-bond acceptors (Lipinski definition) is 5. The number of carbonyl (C=O) groups is 1. The van der Waals surface area contributed by atoms with E-state index in [0.29, 0.717) is 16.9 Å². The van der Waals surface area contributed by atoms with E-state index >= 15 is 0 Å². The normalized spacial score (nSPS) is 10.5. The molecule has 0 saturated heterocycles. The van der Waals surface area contributed by atoms with Crippen LogP contribution in [0.25, 0.3) is 0 Å². The maximum absolute atomic E-state index is 12.8. The number of nitro groups is 1. The van der Waals surface area contributed by atoms with E-state index in [1.807, 2.05) is 0 Å². The van der Waals surface area contributed by atoms with Crippen molar-refractivity contribution in [1.29, 1.82) is 0 Å². The molecule has 0 aliphatic rings. The predicted octanol–water partition coefficient (Wildman–Crippen LogP) is 3.58. The first-order valence-electron chi connectivity index (χ1n) is 6.70. The molecule has 118 valence electrons. The molecule has 7 heteroatoms. The molecular formula is C16H14FN3O3. The molecular weight excluding hydrogens is 301 g/mol. The summed E-state index contributed by atoms with van der Waals surface area (Å²) in [6.07, 6.45) is 2.72. The number of nitrogens with zero attached hydrogens (tertiary/aromatic N) is 1. The van der Waals surface area contributed by atoms with Gasteiger partial charge in [0.05, 0.1) is 16.3 Å². The minimum atomic E-state index is -0.488. The monoisotopic (exact) mass is 315 g/mol. The third kappa shape index (κ3) is 4.13. The van der Waals surface area contributed by atoms with Crippen LogP contribution in [0.3, 0.4) is 0 Å². The number of hydrogen-bond donors (Lipinski definition) is 2. The van der Waals surface area contributed by atoms with E-state index < -0.39 is 10.7 Å². The number of halogens is 1. The highest BCUT2D eigenvalue weighted by Crippen LogP contribution is 2.26. The fourth-order valence-corrected chi connectivity index (χ4v) is 1.90. The van der Waals surface area contributed by atoms with E-state index in [0.717, 1.165) is 0 Å². The molecule has 6 nitrogen and oxygen atoms in total. The highest BCUT2D eigenvalue weighted by Gasteiger charge is 2.09. The zero-order valence-electron chi connectivity index (χ0n) is 12.2. The van der Waals surface area contributed by atoms with Crippen molar-refractivity contribution < 1.29 is 14.1 Å². The summed E-state index contributed by atoms with van der Waals surface area (Å²) in [5.41, 5.74) is 1.44. The highest BCUT2D eigenvalue weighted by molar-refractivity contribution is 6.04. The third-order valence-corrected chi connectivity index (χ3v) is 3.09. The molecule has 0 radical (unpaired) electrons. The van der Waals surface area contributed by atoms with Crippen LogP contribution in [0.5, 0.6) is 0 Å². The summed E-state index contributed by atoms with van der Waals surface area (Å²) >= 11 is 0. The summed E-state index contributed by atoms with van der Waals surface area (Å²) < 4.78 is 12.8. The van der Waals surface area contributed by atoms with Gasteiger partial charge in [0.1, 0.15) is 5.82 Å². The maximum Gasteiger partial charge on any atom is 0.271 e. The summed E-state index contributed by atoms with van der Waals surface area (Å²) in [5, 5.41) is 16.5.